The van der Waals surface area contributed by atoms with E-state index in [0.29, 0.717) is 10.8 Å². The summed E-state index contributed by atoms with van der Waals surface area (Å²) >= 11 is 0. The van der Waals surface area contributed by atoms with E-state index < -0.39 is 10.0 Å². The highest BCUT2D eigenvalue weighted by molar-refractivity contribution is 7.89. The van der Waals surface area contributed by atoms with Crippen LogP contribution in [-0.4, -0.2) is 35.1 Å². The van der Waals surface area contributed by atoms with Crippen LogP contribution in [0.2, 0.25) is 0 Å². The van der Waals surface area contributed by atoms with Crippen LogP contribution in [0.3, 0.4) is 0 Å². The van der Waals surface area contributed by atoms with Gasteiger partial charge < -0.3 is 10.6 Å². The standard InChI is InChI=1S/C13H21N3O2S/c1-14-19(17,18)13-6-2-5-12(8-13)16-10-11-4-3-7-15-9-11/h2,5-6,8,11,14-16H,3-4,7,9-10H2,1H3. The molecular formula is C13H21N3O2S. The van der Waals surface area contributed by atoms with Crippen LogP contribution in [0.5, 0.6) is 0 Å². The summed E-state index contributed by atoms with van der Waals surface area (Å²) in [7, 11) is -1.95. The molecule has 1 aromatic carbocycles. The van der Waals surface area contributed by atoms with Gasteiger partial charge in [-0.3, -0.25) is 0 Å². The van der Waals surface area contributed by atoms with Gasteiger partial charge in [-0.25, -0.2) is 13.1 Å². The number of rotatable bonds is 5. The van der Waals surface area contributed by atoms with E-state index in [1.807, 2.05) is 6.07 Å². The van der Waals surface area contributed by atoms with Crippen molar-refractivity contribution in [2.24, 2.45) is 5.92 Å². The van der Waals surface area contributed by atoms with Crippen molar-refractivity contribution in [2.75, 3.05) is 32.0 Å². The van der Waals surface area contributed by atoms with Crippen LogP contribution in [0.15, 0.2) is 29.2 Å². The van der Waals surface area contributed by atoms with Gasteiger partial charge in [0.1, 0.15) is 0 Å². The smallest absolute Gasteiger partial charge is 0.240 e. The lowest BCUT2D eigenvalue weighted by atomic mass is 10.00. The molecule has 0 spiro atoms. The predicted molar refractivity (Wildman–Crippen MR) is 76.8 cm³/mol. The van der Waals surface area contributed by atoms with Gasteiger partial charge in [-0.1, -0.05) is 6.07 Å². The van der Waals surface area contributed by atoms with Gasteiger partial charge >= 0.3 is 0 Å². The zero-order chi connectivity index (χ0) is 13.7. The summed E-state index contributed by atoms with van der Waals surface area (Å²) in [5, 5.41) is 6.69. The van der Waals surface area contributed by atoms with Crippen LogP contribution in [-0.2, 0) is 10.0 Å². The van der Waals surface area contributed by atoms with Crippen molar-refractivity contribution in [2.45, 2.75) is 17.7 Å². The summed E-state index contributed by atoms with van der Waals surface area (Å²) in [6.45, 7) is 3.00. The Balaban J connectivity index is 1.99. The molecule has 5 nitrogen and oxygen atoms in total. The molecule has 0 aliphatic carbocycles. The second-order valence-corrected chi connectivity index (χ2v) is 6.72. The number of hydrogen-bond donors (Lipinski definition) is 3. The van der Waals surface area contributed by atoms with Crippen molar-refractivity contribution >= 4 is 15.7 Å². The summed E-state index contributed by atoms with van der Waals surface area (Å²) in [4.78, 5) is 0.293. The first-order valence-electron chi connectivity index (χ1n) is 6.60. The number of sulfonamides is 1. The van der Waals surface area contributed by atoms with E-state index in [-0.39, 0.29) is 0 Å². The highest BCUT2D eigenvalue weighted by Gasteiger charge is 2.14. The highest BCUT2D eigenvalue weighted by Crippen LogP contribution is 2.17. The summed E-state index contributed by atoms with van der Waals surface area (Å²) < 4.78 is 25.7. The Morgan fingerprint density at radius 1 is 1.42 bits per heavy atom. The number of benzene rings is 1. The molecule has 0 radical (unpaired) electrons. The Bertz CT molecular complexity index is 510. The van der Waals surface area contributed by atoms with E-state index in [4.69, 9.17) is 0 Å². The zero-order valence-corrected chi connectivity index (χ0v) is 12.0. The van der Waals surface area contributed by atoms with Gasteiger partial charge in [0, 0.05) is 12.2 Å². The molecule has 1 aliphatic heterocycles. The van der Waals surface area contributed by atoms with E-state index in [2.05, 4.69) is 15.4 Å². The lowest BCUT2D eigenvalue weighted by Crippen LogP contribution is -2.33. The zero-order valence-electron chi connectivity index (χ0n) is 11.1. The third-order valence-corrected chi connectivity index (χ3v) is 4.82. The van der Waals surface area contributed by atoms with Gasteiger partial charge in [-0.2, -0.15) is 0 Å². The lowest BCUT2D eigenvalue weighted by Gasteiger charge is -2.23. The molecule has 0 saturated carbocycles. The summed E-state index contributed by atoms with van der Waals surface area (Å²) in [6.07, 6.45) is 2.43. The largest absolute Gasteiger partial charge is 0.385 e. The molecule has 1 fully saturated rings. The highest BCUT2D eigenvalue weighted by atomic mass is 32.2. The van der Waals surface area contributed by atoms with Crippen LogP contribution in [0.25, 0.3) is 0 Å². The average molecular weight is 283 g/mol. The number of piperidine rings is 1. The molecular weight excluding hydrogens is 262 g/mol. The average Bonchev–Trinajstić information content (AvgIpc) is 2.46. The lowest BCUT2D eigenvalue weighted by molar-refractivity contribution is 0.393. The molecule has 0 amide bonds. The first kappa shape index (κ1) is 14.3. The van der Waals surface area contributed by atoms with E-state index in [1.54, 1.807) is 18.2 Å². The normalized spacial score (nSPS) is 20.2. The predicted octanol–water partition coefficient (Wildman–Crippen LogP) is 1.01. The Kier molecular flexibility index (Phi) is 4.79. The number of anilines is 1. The maximum Gasteiger partial charge on any atom is 0.240 e. The van der Waals surface area contributed by atoms with Crippen molar-refractivity contribution in [1.82, 2.24) is 10.0 Å². The van der Waals surface area contributed by atoms with E-state index in [0.717, 1.165) is 25.3 Å². The second kappa shape index (κ2) is 6.36. The van der Waals surface area contributed by atoms with Gasteiger partial charge in [-0.05, 0) is 57.1 Å². The quantitative estimate of drug-likeness (QED) is 0.754. The Morgan fingerprint density at radius 2 is 2.26 bits per heavy atom. The molecule has 2 rings (SSSR count). The molecule has 0 bridgehead atoms. The third-order valence-electron chi connectivity index (χ3n) is 3.41. The van der Waals surface area contributed by atoms with Crippen LogP contribution in [0, 0.1) is 5.92 Å². The monoisotopic (exact) mass is 283 g/mol. The first-order valence-corrected chi connectivity index (χ1v) is 8.08. The van der Waals surface area contributed by atoms with Gasteiger partial charge in [0.25, 0.3) is 0 Å². The van der Waals surface area contributed by atoms with Crippen molar-refractivity contribution in [3.05, 3.63) is 24.3 Å². The maximum absolute atomic E-state index is 11.7. The SMILES string of the molecule is CNS(=O)(=O)c1cccc(NCC2CCCNC2)c1. The number of hydrogen-bond acceptors (Lipinski definition) is 4. The second-order valence-electron chi connectivity index (χ2n) is 4.83. The van der Waals surface area contributed by atoms with Crippen molar-refractivity contribution < 1.29 is 8.42 Å². The summed E-state index contributed by atoms with van der Waals surface area (Å²) in [5.41, 5.74) is 0.849. The molecule has 1 aliphatic rings. The molecule has 0 aromatic heterocycles. The molecule has 1 atom stereocenters. The number of nitrogens with one attached hydrogen (secondary N) is 3. The topological polar surface area (TPSA) is 70.2 Å². The van der Waals surface area contributed by atoms with Crippen LogP contribution in [0.1, 0.15) is 12.8 Å². The molecule has 6 heteroatoms. The molecule has 1 heterocycles. The minimum Gasteiger partial charge on any atom is -0.385 e. The molecule has 106 valence electrons. The van der Waals surface area contributed by atoms with E-state index >= 15 is 0 Å². The van der Waals surface area contributed by atoms with Crippen molar-refractivity contribution in [1.29, 1.82) is 0 Å². The Hall–Kier alpha value is -1.11. The molecule has 1 saturated heterocycles. The maximum atomic E-state index is 11.7. The molecule has 19 heavy (non-hydrogen) atoms. The molecule has 3 N–H and O–H groups in total. The van der Waals surface area contributed by atoms with E-state index in [9.17, 15) is 8.42 Å². The fraction of sp³-hybridized carbons (Fsp3) is 0.538. The van der Waals surface area contributed by atoms with Crippen molar-refractivity contribution in [3.63, 3.8) is 0 Å². The fourth-order valence-corrected chi connectivity index (χ4v) is 3.03. The molecule has 1 aromatic rings. The minimum absolute atomic E-state index is 0.293. The van der Waals surface area contributed by atoms with Gasteiger partial charge in [0.05, 0.1) is 4.90 Å². The Labute approximate surface area is 114 Å². The van der Waals surface area contributed by atoms with Gasteiger partial charge in [0.2, 0.25) is 10.0 Å². The van der Waals surface area contributed by atoms with Gasteiger partial charge in [0.15, 0.2) is 0 Å². The van der Waals surface area contributed by atoms with Crippen LogP contribution < -0.4 is 15.4 Å². The van der Waals surface area contributed by atoms with Gasteiger partial charge in [-0.15, -0.1) is 0 Å². The van der Waals surface area contributed by atoms with Crippen LogP contribution >= 0.6 is 0 Å². The molecule has 1 unspecified atom stereocenters. The summed E-state index contributed by atoms with van der Waals surface area (Å²) in [5.74, 6) is 0.610. The fourth-order valence-electron chi connectivity index (χ4n) is 2.25. The minimum atomic E-state index is -3.37. The van der Waals surface area contributed by atoms with Crippen LogP contribution in [0.4, 0.5) is 5.69 Å². The third kappa shape index (κ3) is 3.92. The van der Waals surface area contributed by atoms with E-state index in [1.165, 1.54) is 19.9 Å². The van der Waals surface area contributed by atoms with Crippen molar-refractivity contribution in [3.8, 4) is 0 Å². The first-order chi connectivity index (χ1) is 9.12. The summed E-state index contributed by atoms with van der Waals surface area (Å²) in [6, 6.07) is 6.91. The Morgan fingerprint density at radius 3 is 2.95 bits per heavy atom.